The van der Waals surface area contributed by atoms with Gasteiger partial charge < -0.3 is 9.47 Å². The largest absolute Gasteiger partial charge is 0.461 e. The van der Waals surface area contributed by atoms with Crippen LogP contribution in [0, 0.1) is 0 Å². The summed E-state index contributed by atoms with van der Waals surface area (Å²) >= 11 is 0. The molecule has 1 aliphatic carbocycles. The minimum absolute atomic E-state index is 0.0326. The maximum absolute atomic E-state index is 11.5. The number of carbonyl (C=O) groups is 1. The van der Waals surface area contributed by atoms with Gasteiger partial charge in [0.2, 0.25) is 0 Å². The van der Waals surface area contributed by atoms with Gasteiger partial charge in [0.15, 0.2) is 0 Å². The molecule has 19 heavy (non-hydrogen) atoms. The highest BCUT2D eigenvalue weighted by Crippen LogP contribution is 2.27. The number of aryl methyl sites for hydroxylation is 1. The van der Waals surface area contributed by atoms with Gasteiger partial charge in [0.1, 0.15) is 18.4 Å². The molecule has 1 aliphatic rings. The molecule has 0 aliphatic heterocycles. The van der Waals surface area contributed by atoms with E-state index >= 15 is 0 Å². The fourth-order valence-corrected chi connectivity index (χ4v) is 2.27. The average molecular weight is 267 g/mol. The molecular weight excluding hydrogens is 246 g/mol. The minimum atomic E-state index is -0.331. The summed E-state index contributed by atoms with van der Waals surface area (Å²) in [7, 11) is 0. The molecule has 1 unspecified atom stereocenters. The number of aromatic nitrogens is 3. The Hall–Kier alpha value is -1.43. The smallest absolute Gasteiger partial charge is 0.332 e. The Balaban J connectivity index is 1.94. The second-order valence-electron chi connectivity index (χ2n) is 5.11. The number of H-pyrrole nitrogens is 1. The summed E-state index contributed by atoms with van der Waals surface area (Å²) in [5.74, 6) is -0.331. The number of nitrogens with zero attached hydrogens (tertiary/aromatic N) is 2. The molecule has 0 amide bonds. The van der Waals surface area contributed by atoms with E-state index in [2.05, 4.69) is 15.4 Å². The van der Waals surface area contributed by atoms with E-state index in [0.29, 0.717) is 0 Å². The first-order chi connectivity index (χ1) is 9.16. The highest BCUT2D eigenvalue weighted by Gasteiger charge is 2.23. The fourth-order valence-electron chi connectivity index (χ4n) is 2.27. The van der Waals surface area contributed by atoms with Crippen LogP contribution in [-0.4, -0.2) is 34.1 Å². The van der Waals surface area contributed by atoms with Crippen molar-refractivity contribution in [1.29, 1.82) is 0 Å². The Morgan fingerprint density at radius 1 is 1.42 bits per heavy atom. The molecule has 6 heteroatoms. The molecule has 0 saturated heterocycles. The fraction of sp³-hybridized carbons (Fsp3) is 0.769. The molecule has 1 heterocycles. The zero-order valence-corrected chi connectivity index (χ0v) is 11.5. The predicted octanol–water partition coefficient (Wildman–Crippen LogP) is 1.93. The summed E-state index contributed by atoms with van der Waals surface area (Å²) in [5, 5.41) is 10.9. The van der Waals surface area contributed by atoms with Gasteiger partial charge in [-0.1, -0.05) is 18.1 Å². The molecule has 0 spiro atoms. The number of nitrogens with one attached hydrogen (secondary N) is 1. The van der Waals surface area contributed by atoms with Gasteiger partial charge in [-0.15, -0.1) is 5.10 Å². The Labute approximate surface area is 112 Å². The molecule has 6 nitrogen and oxygen atoms in total. The number of aromatic amines is 1. The van der Waals surface area contributed by atoms with Crippen molar-refractivity contribution < 1.29 is 14.3 Å². The van der Waals surface area contributed by atoms with E-state index in [1.54, 1.807) is 0 Å². The lowest BCUT2D eigenvalue weighted by Gasteiger charge is -2.19. The van der Waals surface area contributed by atoms with Gasteiger partial charge in [0, 0.05) is 0 Å². The number of hydrogen-bond donors (Lipinski definition) is 1. The van der Waals surface area contributed by atoms with Gasteiger partial charge in [-0.2, -0.15) is 0 Å². The topological polar surface area (TPSA) is 77.1 Å². The quantitative estimate of drug-likeness (QED) is 0.843. The van der Waals surface area contributed by atoms with Crippen molar-refractivity contribution in [1.82, 2.24) is 15.4 Å². The van der Waals surface area contributed by atoms with Crippen LogP contribution in [0.1, 0.15) is 57.0 Å². The molecule has 0 aromatic carbocycles. The standard InChI is InChI=1S/C13H21N3O3/c1-9(2)19-12(17)8-18-11-7-5-3-4-6-10-13(11)15-16-14-10/h9,11H,3-8H2,1-2H3,(H,14,15,16). The maximum atomic E-state index is 11.5. The molecule has 2 rings (SSSR count). The van der Waals surface area contributed by atoms with Crippen LogP contribution in [0.3, 0.4) is 0 Å². The average Bonchev–Trinajstić information content (AvgIpc) is 2.75. The van der Waals surface area contributed by atoms with Crippen LogP contribution >= 0.6 is 0 Å². The summed E-state index contributed by atoms with van der Waals surface area (Å²) in [4.78, 5) is 11.5. The van der Waals surface area contributed by atoms with Crippen LogP contribution in [0.15, 0.2) is 0 Å². The third kappa shape index (κ3) is 4.02. The van der Waals surface area contributed by atoms with Crippen molar-refractivity contribution >= 4 is 5.97 Å². The van der Waals surface area contributed by atoms with Crippen molar-refractivity contribution in [2.24, 2.45) is 0 Å². The number of fused-ring (bicyclic) bond motifs is 1. The minimum Gasteiger partial charge on any atom is -0.461 e. The van der Waals surface area contributed by atoms with Gasteiger partial charge >= 0.3 is 5.97 Å². The monoisotopic (exact) mass is 267 g/mol. The second kappa shape index (κ2) is 6.65. The SMILES string of the molecule is CC(C)OC(=O)COC1CCCCCc2[nH]nnc21. The van der Waals surface area contributed by atoms with Gasteiger partial charge in [-0.05, 0) is 33.1 Å². The number of carbonyl (C=O) groups excluding carboxylic acids is 1. The summed E-state index contributed by atoms with van der Waals surface area (Å²) in [5.41, 5.74) is 1.87. The first-order valence-corrected chi connectivity index (χ1v) is 6.87. The maximum Gasteiger partial charge on any atom is 0.332 e. The van der Waals surface area contributed by atoms with E-state index in [0.717, 1.165) is 43.5 Å². The van der Waals surface area contributed by atoms with Crippen molar-refractivity contribution in [3.8, 4) is 0 Å². The second-order valence-corrected chi connectivity index (χ2v) is 5.11. The van der Waals surface area contributed by atoms with Crippen LogP contribution < -0.4 is 0 Å². The van der Waals surface area contributed by atoms with Gasteiger partial charge in [-0.25, -0.2) is 4.79 Å². The molecule has 0 radical (unpaired) electrons. The first kappa shape index (κ1) is 14.0. The predicted molar refractivity (Wildman–Crippen MR) is 68.5 cm³/mol. The van der Waals surface area contributed by atoms with E-state index in [4.69, 9.17) is 9.47 Å². The van der Waals surface area contributed by atoms with Crippen molar-refractivity contribution in [2.75, 3.05) is 6.61 Å². The molecule has 1 atom stereocenters. The zero-order valence-electron chi connectivity index (χ0n) is 11.5. The van der Waals surface area contributed by atoms with E-state index in [1.165, 1.54) is 0 Å². The first-order valence-electron chi connectivity index (χ1n) is 6.87. The Bertz CT molecular complexity index is 417. The summed E-state index contributed by atoms with van der Waals surface area (Å²) in [6, 6.07) is 0. The summed E-state index contributed by atoms with van der Waals surface area (Å²) in [6.45, 7) is 3.61. The van der Waals surface area contributed by atoms with Crippen LogP contribution in [0.2, 0.25) is 0 Å². The molecule has 1 aromatic rings. The van der Waals surface area contributed by atoms with E-state index < -0.39 is 0 Å². The number of esters is 1. The van der Waals surface area contributed by atoms with Gasteiger partial charge in [0.25, 0.3) is 0 Å². The van der Waals surface area contributed by atoms with Crippen LogP contribution in [0.25, 0.3) is 0 Å². The van der Waals surface area contributed by atoms with Crippen molar-refractivity contribution in [3.05, 3.63) is 11.4 Å². The normalized spacial score (nSPS) is 19.6. The van der Waals surface area contributed by atoms with E-state index in [-0.39, 0.29) is 24.8 Å². The third-order valence-electron chi connectivity index (χ3n) is 3.12. The van der Waals surface area contributed by atoms with E-state index in [1.807, 2.05) is 13.8 Å². The Morgan fingerprint density at radius 2 is 2.26 bits per heavy atom. The highest BCUT2D eigenvalue weighted by molar-refractivity contribution is 5.70. The molecule has 1 N–H and O–H groups in total. The van der Waals surface area contributed by atoms with Gasteiger partial charge in [-0.3, -0.25) is 5.10 Å². The van der Waals surface area contributed by atoms with Crippen LogP contribution in [0.4, 0.5) is 0 Å². The lowest BCUT2D eigenvalue weighted by atomic mass is 9.99. The zero-order chi connectivity index (χ0) is 13.7. The molecule has 0 bridgehead atoms. The lowest BCUT2D eigenvalue weighted by Crippen LogP contribution is -2.20. The Kier molecular flexibility index (Phi) is 4.90. The highest BCUT2D eigenvalue weighted by atomic mass is 16.6. The lowest BCUT2D eigenvalue weighted by molar-refractivity contribution is -0.155. The van der Waals surface area contributed by atoms with Crippen molar-refractivity contribution in [3.63, 3.8) is 0 Å². The van der Waals surface area contributed by atoms with Crippen LogP contribution in [0.5, 0.6) is 0 Å². The molecule has 106 valence electrons. The molecule has 0 saturated carbocycles. The number of rotatable bonds is 4. The Morgan fingerprint density at radius 3 is 3.05 bits per heavy atom. The number of ether oxygens (including phenoxy) is 2. The van der Waals surface area contributed by atoms with Crippen LogP contribution in [-0.2, 0) is 20.7 Å². The third-order valence-corrected chi connectivity index (χ3v) is 3.12. The molecule has 1 aromatic heterocycles. The number of hydrogen-bond acceptors (Lipinski definition) is 5. The van der Waals surface area contributed by atoms with E-state index in [9.17, 15) is 4.79 Å². The molecular formula is C13H21N3O3. The molecule has 0 fully saturated rings. The van der Waals surface area contributed by atoms with Gasteiger partial charge in [0.05, 0.1) is 11.8 Å². The summed E-state index contributed by atoms with van der Waals surface area (Å²) in [6.07, 6.45) is 4.92. The van der Waals surface area contributed by atoms with Crippen molar-refractivity contribution in [2.45, 2.75) is 58.2 Å². The summed E-state index contributed by atoms with van der Waals surface area (Å²) < 4.78 is 10.7.